The van der Waals surface area contributed by atoms with Gasteiger partial charge in [0.05, 0.1) is 12.1 Å². The lowest BCUT2D eigenvalue weighted by atomic mass is 10.1. The number of carbonyl (C=O) groups is 2. The number of para-hydroxylation sites is 2. The number of anilines is 2. The molecule has 2 amide bonds. The standard InChI is InChI=1S/C17H13F3N2O4/c18-17(19,20)26-11-7-5-10(6-8-11)21-15(23)9-14-16(24)22-12-3-1-2-4-13(12)25-14/h1-8,14H,9H2,(H,21,23)(H,22,24)/t14-/m0/s1. The average Bonchev–Trinajstić information content (AvgIpc) is 2.56. The van der Waals surface area contributed by atoms with E-state index in [1.807, 2.05) is 0 Å². The summed E-state index contributed by atoms with van der Waals surface area (Å²) in [7, 11) is 0. The van der Waals surface area contributed by atoms with E-state index in [0.717, 1.165) is 12.1 Å². The van der Waals surface area contributed by atoms with Crippen LogP contribution in [0.15, 0.2) is 48.5 Å². The average molecular weight is 366 g/mol. The second kappa shape index (κ2) is 6.95. The second-order valence-electron chi connectivity index (χ2n) is 5.42. The van der Waals surface area contributed by atoms with Crippen molar-refractivity contribution in [1.82, 2.24) is 0 Å². The zero-order chi connectivity index (χ0) is 18.7. The van der Waals surface area contributed by atoms with E-state index in [4.69, 9.17) is 4.74 Å². The van der Waals surface area contributed by atoms with Crippen LogP contribution in [0, 0.1) is 0 Å². The largest absolute Gasteiger partial charge is 0.573 e. The molecule has 2 aromatic rings. The number of benzene rings is 2. The summed E-state index contributed by atoms with van der Waals surface area (Å²) in [4.78, 5) is 24.1. The second-order valence-corrected chi connectivity index (χ2v) is 5.42. The molecule has 26 heavy (non-hydrogen) atoms. The van der Waals surface area contributed by atoms with Gasteiger partial charge < -0.3 is 20.1 Å². The predicted molar refractivity (Wildman–Crippen MR) is 85.9 cm³/mol. The fourth-order valence-electron chi connectivity index (χ4n) is 2.35. The van der Waals surface area contributed by atoms with Gasteiger partial charge in [0.25, 0.3) is 5.91 Å². The van der Waals surface area contributed by atoms with Gasteiger partial charge in [-0.15, -0.1) is 13.2 Å². The van der Waals surface area contributed by atoms with Gasteiger partial charge in [0.2, 0.25) is 5.91 Å². The van der Waals surface area contributed by atoms with Crippen LogP contribution >= 0.6 is 0 Å². The molecular weight excluding hydrogens is 353 g/mol. The van der Waals surface area contributed by atoms with Crippen LogP contribution < -0.4 is 20.1 Å². The van der Waals surface area contributed by atoms with Crippen molar-refractivity contribution in [1.29, 1.82) is 0 Å². The highest BCUT2D eigenvalue weighted by Gasteiger charge is 2.31. The number of carbonyl (C=O) groups excluding carboxylic acids is 2. The predicted octanol–water partition coefficient (Wildman–Crippen LogP) is 3.31. The van der Waals surface area contributed by atoms with Crippen LogP contribution in [-0.2, 0) is 9.59 Å². The van der Waals surface area contributed by atoms with E-state index < -0.39 is 30.0 Å². The lowest BCUT2D eigenvalue weighted by Crippen LogP contribution is -2.39. The van der Waals surface area contributed by atoms with E-state index in [2.05, 4.69) is 15.4 Å². The maximum atomic E-state index is 12.1. The molecule has 0 aromatic heterocycles. The highest BCUT2D eigenvalue weighted by molar-refractivity contribution is 6.01. The lowest BCUT2D eigenvalue weighted by Gasteiger charge is -2.25. The Morgan fingerprint density at radius 3 is 2.54 bits per heavy atom. The van der Waals surface area contributed by atoms with Crippen molar-refractivity contribution in [3.8, 4) is 11.5 Å². The Balaban J connectivity index is 1.58. The molecule has 0 unspecified atom stereocenters. The molecule has 9 heteroatoms. The van der Waals surface area contributed by atoms with Gasteiger partial charge >= 0.3 is 6.36 Å². The van der Waals surface area contributed by atoms with E-state index in [1.165, 1.54) is 12.1 Å². The minimum atomic E-state index is -4.78. The van der Waals surface area contributed by atoms with Crippen LogP contribution in [0.4, 0.5) is 24.5 Å². The van der Waals surface area contributed by atoms with Crippen LogP contribution in [0.25, 0.3) is 0 Å². The SMILES string of the molecule is O=C(C[C@@H]1Oc2ccccc2NC1=O)Nc1ccc(OC(F)(F)F)cc1. The molecule has 0 spiro atoms. The van der Waals surface area contributed by atoms with Crippen molar-refractivity contribution in [2.24, 2.45) is 0 Å². The van der Waals surface area contributed by atoms with Crippen LogP contribution in [0.1, 0.15) is 6.42 Å². The number of hydrogen-bond acceptors (Lipinski definition) is 4. The molecule has 0 aliphatic carbocycles. The van der Waals surface area contributed by atoms with Crippen molar-refractivity contribution < 1.29 is 32.2 Å². The number of ether oxygens (including phenoxy) is 2. The van der Waals surface area contributed by atoms with Gasteiger partial charge in [0.1, 0.15) is 11.5 Å². The molecule has 1 atom stereocenters. The molecular formula is C17H13F3N2O4. The van der Waals surface area contributed by atoms with Crippen molar-refractivity contribution in [2.75, 3.05) is 10.6 Å². The number of alkyl halides is 3. The molecule has 0 saturated heterocycles. The summed E-state index contributed by atoms with van der Waals surface area (Å²) in [5.74, 6) is -0.914. The number of amides is 2. The highest BCUT2D eigenvalue weighted by Crippen LogP contribution is 2.30. The number of fused-ring (bicyclic) bond motifs is 1. The summed E-state index contributed by atoms with van der Waals surface area (Å²) in [6, 6.07) is 11.5. The van der Waals surface area contributed by atoms with E-state index in [9.17, 15) is 22.8 Å². The van der Waals surface area contributed by atoms with Crippen LogP contribution in [0.5, 0.6) is 11.5 Å². The first-order chi connectivity index (χ1) is 12.3. The zero-order valence-corrected chi connectivity index (χ0v) is 13.2. The molecule has 2 aromatic carbocycles. The van der Waals surface area contributed by atoms with Crippen molar-refractivity contribution >= 4 is 23.2 Å². The molecule has 3 rings (SSSR count). The molecule has 1 heterocycles. The van der Waals surface area contributed by atoms with Crippen LogP contribution in [0.3, 0.4) is 0 Å². The normalized spacial score (nSPS) is 16.1. The molecule has 2 N–H and O–H groups in total. The third kappa shape index (κ3) is 4.44. The third-order valence-corrected chi connectivity index (χ3v) is 3.45. The van der Waals surface area contributed by atoms with Gasteiger partial charge in [-0.1, -0.05) is 12.1 Å². The first kappa shape index (κ1) is 17.6. The highest BCUT2D eigenvalue weighted by atomic mass is 19.4. The summed E-state index contributed by atoms with van der Waals surface area (Å²) < 4.78 is 45.6. The van der Waals surface area contributed by atoms with E-state index in [0.29, 0.717) is 11.4 Å². The Hall–Kier alpha value is -3.23. The van der Waals surface area contributed by atoms with Crippen LogP contribution in [-0.4, -0.2) is 24.3 Å². The Morgan fingerprint density at radius 2 is 1.85 bits per heavy atom. The Kier molecular flexibility index (Phi) is 4.70. The summed E-state index contributed by atoms with van der Waals surface area (Å²) in [6.45, 7) is 0. The molecule has 1 aliphatic heterocycles. The smallest absolute Gasteiger partial charge is 0.478 e. The number of halogens is 3. The zero-order valence-electron chi connectivity index (χ0n) is 13.2. The fraction of sp³-hybridized carbons (Fsp3) is 0.176. The third-order valence-electron chi connectivity index (χ3n) is 3.45. The van der Waals surface area contributed by atoms with Gasteiger partial charge in [-0.05, 0) is 36.4 Å². The molecule has 6 nitrogen and oxygen atoms in total. The molecule has 0 bridgehead atoms. The molecule has 0 saturated carbocycles. The van der Waals surface area contributed by atoms with Gasteiger partial charge in [-0.2, -0.15) is 0 Å². The van der Waals surface area contributed by atoms with Crippen LogP contribution in [0.2, 0.25) is 0 Å². The van der Waals surface area contributed by atoms with Crippen molar-refractivity contribution in [3.63, 3.8) is 0 Å². The molecule has 0 radical (unpaired) electrons. The Labute approximate surface area is 145 Å². The van der Waals surface area contributed by atoms with Gasteiger partial charge in [-0.3, -0.25) is 9.59 Å². The van der Waals surface area contributed by atoms with E-state index in [-0.39, 0.29) is 12.1 Å². The molecule has 1 aliphatic rings. The maximum Gasteiger partial charge on any atom is 0.573 e. The summed E-state index contributed by atoms with van der Waals surface area (Å²) in [5.41, 5.74) is 0.788. The number of nitrogens with one attached hydrogen (secondary N) is 2. The van der Waals surface area contributed by atoms with Gasteiger partial charge in [-0.25, -0.2) is 0 Å². The van der Waals surface area contributed by atoms with Crippen molar-refractivity contribution in [3.05, 3.63) is 48.5 Å². The summed E-state index contributed by atoms with van der Waals surface area (Å²) >= 11 is 0. The summed E-state index contributed by atoms with van der Waals surface area (Å²) in [6.07, 6.45) is -6.04. The number of hydrogen-bond donors (Lipinski definition) is 2. The molecule has 0 fully saturated rings. The topological polar surface area (TPSA) is 76.7 Å². The Morgan fingerprint density at radius 1 is 1.15 bits per heavy atom. The van der Waals surface area contributed by atoms with Crippen molar-refractivity contribution in [2.45, 2.75) is 18.9 Å². The van der Waals surface area contributed by atoms with E-state index >= 15 is 0 Å². The number of rotatable bonds is 4. The lowest BCUT2D eigenvalue weighted by molar-refractivity contribution is -0.274. The monoisotopic (exact) mass is 366 g/mol. The van der Waals surface area contributed by atoms with Gasteiger partial charge in [0.15, 0.2) is 6.10 Å². The maximum absolute atomic E-state index is 12.1. The summed E-state index contributed by atoms with van der Waals surface area (Å²) in [5, 5.41) is 5.13. The fourth-order valence-corrected chi connectivity index (χ4v) is 2.35. The molecule has 136 valence electrons. The quantitative estimate of drug-likeness (QED) is 0.870. The Bertz CT molecular complexity index is 822. The first-order valence-electron chi connectivity index (χ1n) is 7.52. The van der Waals surface area contributed by atoms with Gasteiger partial charge in [0, 0.05) is 5.69 Å². The minimum Gasteiger partial charge on any atom is -0.478 e. The minimum absolute atomic E-state index is 0.249. The first-order valence-corrected chi connectivity index (χ1v) is 7.52. The van der Waals surface area contributed by atoms with E-state index in [1.54, 1.807) is 24.3 Å².